The van der Waals surface area contributed by atoms with Gasteiger partial charge < -0.3 is 10.4 Å². The molecule has 0 aromatic rings. The monoisotopic (exact) mass is 242 g/mol. The van der Waals surface area contributed by atoms with Crippen LogP contribution in [0.3, 0.4) is 0 Å². The van der Waals surface area contributed by atoms with Crippen molar-refractivity contribution in [2.75, 3.05) is 20.1 Å². The first-order valence-electron chi connectivity index (χ1n) is 3.90. The van der Waals surface area contributed by atoms with Crippen LogP contribution in [0.2, 0.25) is 0 Å². The quantitative estimate of drug-likeness (QED) is 0.681. The second kappa shape index (κ2) is 7.04. The summed E-state index contributed by atoms with van der Waals surface area (Å²) in [6.07, 6.45) is 0. The van der Waals surface area contributed by atoms with Crippen molar-refractivity contribution >= 4 is 31.3 Å². The molecule has 0 aliphatic heterocycles. The van der Waals surface area contributed by atoms with Crippen molar-refractivity contribution in [3.63, 3.8) is 0 Å². The summed E-state index contributed by atoms with van der Waals surface area (Å²) < 4.78 is 1.92. The summed E-state index contributed by atoms with van der Waals surface area (Å²) >= 11 is 0. The molecule has 0 spiro atoms. The highest BCUT2D eigenvalue weighted by Gasteiger charge is 2.15. The molecule has 0 aliphatic carbocycles. The van der Waals surface area contributed by atoms with E-state index in [1.54, 1.807) is 0 Å². The molecule has 0 rings (SSSR count). The van der Waals surface area contributed by atoms with E-state index < -0.39 is 13.4 Å². The number of aliphatic carboxylic acids is 1. The fourth-order valence-corrected chi connectivity index (χ4v) is 2.58. The minimum absolute atomic E-state index is 0.102. The predicted octanol–water partition coefficient (Wildman–Crippen LogP) is 0.958. The lowest BCUT2D eigenvalue weighted by Crippen LogP contribution is -2.36. The fourth-order valence-electron chi connectivity index (χ4n) is 0.804. The van der Waals surface area contributed by atoms with Gasteiger partial charge in [-0.1, -0.05) is 17.9 Å². The standard InChI is InChI=1S/C6H17N2O2P3/c1-5(7-2)3-8(13(11)12)4-6(9)10/h5,7H,3-4,11-12H2,1-2H3,(H,9,10). The fraction of sp³-hybridized carbons (Fsp3) is 0.833. The van der Waals surface area contributed by atoms with Gasteiger partial charge in [0.15, 0.2) is 0 Å². The summed E-state index contributed by atoms with van der Waals surface area (Å²) in [5, 5.41) is 11.7. The van der Waals surface area contributed by atoms with Gasteiger partial charge in [0, 0.05) is 20.0 Å². The van der Waals surface area contributed by atoms with Crippen LogP contribution in [-0.2, 0) is 4.79 Å². The van der Waals surface area contributed by atoms with Crippen LogP contribution in [0.15, 0.2) is 0 Å². The average Bonchev–Trinajstić information content (AvgIpc) is 2.02. The second-order valence-corrected chi connectivity index (χ2v) is 9.10. The first-order chi connectivity index (χ1) is 5.97. The van der Waals surface area contributed by atoms with E-state index in [9.17, 15) is 4.79 Å². The Hall–Kier alpha value is 0.680. The molecule has 3 unspecified atom stereocenters. The summed E-state index contributed by atoms with van der Waals surface area (Å²) in [7, 11) is 6.66. The van der Waals surface area contributed by atoms with Gasteiger partial charge >= 0.3 is 5.97 Å². The predicted molar refractivity (Wildman–Crippen MR) is 64.1 cm³/mol. The summed E-state index contributed by atoms with van der Waals surface area (Å²) in [4.78, 5) is 10.5. The normalized spacial score (nSPS) is 13.7. The van der Waals surface area contributed by atoms with E-state index in [1.807, 2.05) is 18.6 Å². The van der Waals surface area contributed by atoms with E-state index in [2.05, 4.69) is 23.2 Å². The lowest BCUT2D eigenvalue weighted by Gasteiger charge is -2.26. The Balaban J connectivity index is 4.02. The Morgan fingerprint density at radius 3 is 2.54 bits per heavy atom. The van der Waals surface area contributed by atoms with Crippen molar-refractivity contribution in [2.24, 2.45) is 0 Å². The first-order valence-corrected chi connectivity index (χ1v) is 8.44. The Labute approximate surface area is 84.8 Å². The lowest BCUT2D eigenvalue weighted by atomic mass is 10.3. The topological polar surface area (TPSA) is 52.6 Å². The second-order valence-electron chi connectivity index (χ2n) is 2.81. The number of hydrogen-bond acceptors (Lipinski definition) is 3. The Morgan fingerprint density at radius 2 is 2.23 bits per heavy atom. The lowest BCUT2D eigenvalue weighted by molar-refractivity contribution is -0.137. The zero-order chi connectivity index (χ0) is 10.4. The number of rotatable bonds is 6. The third kappa shape index (κ3) is 6.71. The molecule has 0 bridgehead atoms. The SMILES string of the molecule is CNC(C)CN(CC(=O)O)P(P)P. The van der Waals surface area contributed by atoms with E-state index in [4.69, 9.17) is 5.11 Å². The van der Waals surface area contributed by atoms with E-state index in [0.717, 1.165) is 6.54 Å². The highest BCUT2D eigenvalue weighted by Crippen LogP contribution is 2.55. The van der Waals surface area contributed by atoms with E-state index >= 15 is 0 Å². The summed E-state index contributed by atoms with van der Waals surface area (Å²) in [5.74, 6) is -0.777. The number of carboxylic acid groups (broad SMARTS) is 1. The summed E-state index contributed by atoms with van der Waals surface area (Å²) in [6, 6.07) is 0.311. The zero-order valence-corrected chi connectivity index (χ0v) is 11.1. The van der Waals surface area contributed by atoms with Gasteiger partial charge in [-0.05, 0) is 14.0 Å². The maximum atomic E-state index is 10.5. The Bertz CT molecular complexity index is 168. The van der Waals surface area contributed by atoms with Crippen molar-refractivity contribution in [2.45, 2.75) is 13.0 Å². The molecule has 0 saturated carbocycles. The maximum Gasteiger partial charge on any atom is 0.318 e. The van der Waals surface area contributed by atoms with Crippen molar-refractivity contribution in [3.05, 3.63) is 0 Å². The molecule has 0 aliphatic rings. The molecule has 0 fully saturated rings. The van der Waals surface area contributed by atoms with Gasteiger partial charge in [-0.2, -0.15) is 0 Å². The van der Waals surface area contributed by atoms with E-state index in [0.29, 0.717) is 6.04 Å². The molecule has 0 heterocycles. The minimum Gasteiger partial charge on any atom is -0.480 e. The van der Waals surface area contributed by atoms with Gasteiger partial charge in [0.1, 0.15) is 6.54 Å². The highest BCUT2D eigenvalue weighted by molar-refractivity contribution is 8.42. The van der Waals surface area contributed by atoms with Crippen LogP contribution in [0.25, 0.3) is 0 Å². The van der Waals surface area contributed by atoms with Crippen molar-refractivity contribution < 1.29 is 9.90 Å². The minimum atomic E-state index is -0.777. The highest BCUT2D eigenvalue weighted by atomic mass is 32.4. The summed E-state index contributed by atoms with van der Waals surface area (Å²) in [6.45, 7) is 2.88. The van der Waals surface area contributed by atoms with Crippen LogP contribution in [0.4, 0.5) is 0 Å². The van der Waals surface area contributed by atoms with Gasteiger partial charge in [0.05, 0.1) is 0 Å². The van der Waals surface area contributed by atoms with Gasteiger partial charge in [-0.15, -0.1) is 0 Å². The summed E-state index contributed by atoms with van der Waals surface area (Å²) in [5.41, 5.74) is 0. The van der Waals surface area contributed by atoms with E-state index in [-0.39, 0.29) is 6.54 Å². The number of nitrogens with one attached hydrogen (secondary N) is 1. The number of nitrogens with zero attached hydrogens (tertiary/aromatic N) is 1. The molecule has 78 valence electrons. The maximum absolute atomic E-state index is 10.5. The van der Waals surface area contributed by atoms with Crippen molar-refractivity contribution in [1.29, 1.82) is 0 Å². The average molecular weight is 242 g/mol. The number of likely N-dealkylation sites (N-methyl/N-ethyl adjacent to an activating group) is 1. The molecule has 7 heteroatoms. The third-order valence-corrected chi connectivity index (χ3v) is 4.54. The molecule has 4 nitrogen and oxygen atoms in total. The van der Waals surface area contributed by atoms with Gasteiger partial charge in [-0.25, -0.2) is 0 Å². The molecule has 2 N–H and O–H groups in total. The molecule has 0 radical (unpaired) electrons. The number of carbonyl (C=O) groups is 1. The van der Waals surface area contributed by atoms with Gasteiger partial charge in [0.25, 0.3) is 0 Å². The molecular formula is C6H17N2O2P3. The number of hydrogen-bond donors (Lipinski definition) is 2. The zero-order valence-electron chi connectivity index (χ0n) is 7.90. The Morgan fingerprint density at radius 1 is 1.69 bits per heavy atom. The van der Waals surface area contributed by atoms with Crippen LogP contribution < -0.4 is 5.32 Å². The Kier molecular flexibility index (Phi) is 7.40. The molecular weight excluding hydrogens is 225 g/mol. The van der Waals surface area contributed by atoms with Gasteiger partial charge in [0.2, 0.25) is 0 Å². The van der Waals surface area contributed by atoms with Crippen LogP contribution in [0.1, 0.15) is 6.92 Å². The van der Waals surface area contributed by atoms with Crippen molar-refractivity contribution in [3.8, 4) is 0 Å². The molecule has 0 aromatic heterocycles. The van der Waals surface area contributed by atoms with Crippen LogP contribution in [-0.4, -0.2) is 41.9 Å². The van der Waals surface area contributed by atoms with Gasteiger partial charge in [-0.3, -0.25) is 9.46 Å². The molecule has 3 atom stereocenters. The smallest absolute Gasteiger partial charge is 0.318 e. The molecule has 13 heavy (non-hydrogen) atoms. The largest absolute Gasteiger partial charge is 0.480 e. The third-order valence-electron chi connectivity index (χ3n) is 1.62. The van der Waals surface area contributed by atoms with Crippen LogP contribution in [0.5, 0.6) is 0 Å². The van der Waals surface area contributed by atoms with E-state index in [1.165, 1.54) is 0 Å². The first kappa shape index (κ1) is 13.7. The van der Waals surface area contributed by atoms with Crippen molar-refractivity contribution in [1.82, 2.24) is 9.99 Å². The van der Waals surface area contributed by atoms with Crippen LogP contribution in [0, 0.1) is 0 Å². The molecule has 0 amide bonds. The molecule has 0 aromatic carbocycles. The molecule has 0 saturated heterocycles. The number of carboxylic acids is 1. The van der Waals surface area contributed by atoms with Crippen LogP contribution >= 0.6 is 25.3 Å².